The molecule has 0 radical (unpaired) electrons. The van der Waals surface area contributed by atoms with E-state index in [1.54, 1.807) is 31.2 Å². The second-order valence-electron chi connectivity index (χ2n) is 8.17. The van der Waals surface area contributed by atoms with Gasteiger partial charge in [-0.15, -0.1) is 11.3 Å². The van der Waals surface area contributed by atoms with Gasteiger partial charge in [-0.1, -0.05) is 36.4 Å². The van der Waals surface area contributed by atoms with Gasteiger partial charge in [0.1, 0.15) is 5.00 Å². The van der Waals surface area contributed by atoms with Gasteiger partial charge in [0.2, 0.25) is 0 Å². The van der Waals surface area contributed by atoms with Crippen LogP contribution in [0.15, 0.2) is 76.9 Å². The third-order valence-electron chi connectivity index (χ3n) is 5.82. The zero-order chi connectivity index (χ0) is 27.0. The number of anilines is 1. The molecule has 0 fully saturated rings. The maximum Gasteiger partial charge on any atom is 0.416 e. The molecular formula is C27H18F3N3O4S. The number of hydrogen-bond donors (Lipinski definition) is 1. The third kappa shape index (κ3) is 4.52. The van der Waals surface area contributed by atoms with E-state index in [9.17, 15) is 27.6 Å². The van der Waals surface area contributed by atoms with E-state index in [0.29, 0.717) is 10.9 Å². The summed E-state index contributed by atoms with van der Waals surface area (Å²) in [4.78, 5) is 39.5. The molecule has 0 saturated heterocycles. The first-order chi connectivity index (χ1) is 18.2. The zero-order valence-corrected chi connectivity index (χ0v) is 20.5. The highest BCUT2D eigenvalue weighted by Gasteiger charge is 2.30. The highest BCUT2D eigenvalue weighted by Crippen LogP contribution is 2.33. The number of esters is 1. The number of benzene rings is 3. The Kier molecular flexibility index (Phi) is 6.45. The Labute approximate surface area is 217 Å². The minimum absolute atomic E-state index is 0.00739. The van der Waals surface area contributed by atoms with E-state index in [-0.39, 0.29) is 33.8 Å². The number of halogens is 3. The molecule has 0 unspecified atom stereocenters. The fourth-order valence-corrected chi connectivity index (χ4v) is 4.98. The number of thiophene rings is 1. The molecule has 1 N–H and O–H groups in total. The standard InChI is InChI=1S/C27H18F3N3O4S/c1-2-37-26(36)22-20-14-38-24(31-23(34)19-9-5-7-15-6-3-4-8-18(15)19)21(20)25(35)33(32-22)17-12-10-16(11-13-17)27(28,29)30/h3-14H,2H2,1H3,(H,31,34). The van der Waals surface area contributed by atoms with Gasteiger partial charge < -0.3 is 10.1 Å². The van der Waals surface area contributed by atoms with Crippen molar-refractivity contribution in [3.8, 4) is 5.69 Å². The van der Waals surface area contributed by atoms with Crippen LogP contribution in [0.3, 0.4) is 0 Å². The van der Waals surface area contributed by atoms with Crippen molar-refractivity contribution in [2.75, 3.05) is 11.9 Å². The number of rotatable bonds is 5. The fraction of sp³-hybridized carbons (Fsp3) is 0.111. The van der Waals surface area contributed by atoms with Crippen LogP contribution >= 0.6 is 11.3 Å². The zero-order valence-electron chi connectivity index (χ0n) is 19.7. The smallest absolute Gasteiger partial charge is 0.416 e. The van der Waals surface area contributed by atoms with Crippen LogP contribution in [0.5, 0.6) is 0 Å². The van der Waals surface area contributed by atoms with Gasteiger partial charge in [-0.05, 0) is 48.0 Å². The molecule has 5 aromatic rings. The highest BCUT2D eigenvalue weighted by molar-refractivity contribution is 7.16. The van der Waals surface area contributed by atoms with Gasteiger partial charge in [-0.25, -0.2) is 4.79 Å². The summed E-state index contributed by atoms with van der Waals surface area (Å²) in [5.41, 5.74) is -1.44. The molecule has 0 aliphatic carbocycles. The summed E-state index contributed by atoms with van der Waals surface area (Å²) in [5.74, 6) is -1.29. The van der Waals surface area contributed by atoms with Crippen LogP contribution in [0.25, 0.3) is 27.2 Å². The lowest BCUT2D eigenvalue weighted by molar-refractivity contribution is -0.137. The number of carbonyl (C=O) groups is 2. The molecule has 0 atom stereocenters. The molecule has 0 aliphatic rings. The van der Waals surface area contributed by atoms with Gasteiger partial charge >= 0.3 is 12.1 Å². The molecule has 0 saturated carbocycles. The van der Waals surface area contributed by atoms with E-state index < -0.39 is 29.2 Å². The molecule has 11 heteroatoms. The number of nitrogens with one attached hydrogen (secondary N) is 1. The molecule has 1 amide bonds. The predicted octanol–water partition coefficient (Wildman–Crippen LogP) is 6.05. The Morgan fingerprint density at radius 2 is 1.71 bits per heavy atom. The maximum absolute atomic E-state index is 13.5. The topological polar surface area (TPSA) is 90.3 Å². The Balaban J connectivity index is 1.64. The van der Waals surface area contributed by atoms with Crippen molar-refractivity contribution < 1.29 is 27.5 Å². The molecule has 3 aromatic carbocycles. The van der Waals surface area contributed by atoms with Crippen molar-refractivity contribution in [2.45, 2.75) is 13.1 Å². The van der Waals surface area contributed by atoms with Crippen LogP contribution in [0, 0.1) is 0 Å². The number of fused-ring (bicyclic) bond motifs is 2. The van der Waals surface area contributed by atoms with Crippen molar-refractivity contribution in [1.29, 1.82) is 0 Å². The number of carbonyl (C=O) groups excluding carboxylic acids is 2. The summed E-state index contributed by atoms with van der Waals surface area (Å²) in [5, 5.41) is 10.3. The first kappa shape index (κ1) is 25.2. The fourth-order valence-electron chi connectivity index (χ4n) is 4.05. The molecule has 5 rings (SSSR count). The van der Waals surface area contributed by atoms with Crippen molar-refractivity contribution in [2.24, 2.45) is 0 Å². The second kappa shape index (κ2) is 9.75. The molecule has 0 spiro atoms. The van der Waals surface area contributed by atoms with Crippen LogP contribution in [-0.2, 0) is 10.9 Å². The van der Waals surface area contributed by atoms with Gasteiger partial charge in [0.05, 0.1) is 23.2 Å². The first-order valence-electron chi connectivity index (χ1n) is 11.4. The molecule has 0 aliphatic heterocycles. The van der Waals surface area contributed by atoms with Gasteiger partial charge in [-0.3, -0.25) is 9.59 Å². The van der Waals surface area contributed by atoms with Gasteiger partial charge in [0.25, 0.3) is 11.5 Å². The minimum Gasteiger partial charge on any atom is -0.461 e. The van der Waals surface area contributed by atoms with Crippen LogP contribution in [0.2, 0.25) is 0 Å². The third-order valence-corrected chi connectivity index (χ3v) is 6.72. The van der Waals surface area contributed by atoms with E-state index in [2.05, 4.69) is 10.4 Å². The first-order valence-corrected chi connectivity index (χ1v) is 12.3. The summed E-state index contributed by atoms with van der Waals surface area (Å²) in [7, 11) is 0. The maximum atomic E-state index is 13.5. The van der Waals surface area contributed by atoms with Crippen LogP contribution in [0.4, 0.5) is 18.2 Å². The van der Waals surface area contributed by atoms with Crippen LogP contribution < -0.4 is 10.9 Å². The lowest BCUT2D eigenvalue weighted by Gasteiger charge is -2.11. The highest BCUT2D eigenvalue weighted by atomic mass is 32.1. The van der Waals surface area contributed by atoms with E-state index in [0.717, 1.165) is 45.7 Å². The normalized spacial score (nSPS) is 11.6. The molecular weight excluding hydrogens is 519 g/mol. The SMILES string of the molecule is CCOC(=O)c1nn(-c2ccc(C(F)(F)F)cc2)c(=O)c2c(NC(=O)c3cccc4ccccc34)scc12. The predicted molar refractivity (Wildman–Crippen MR) is 138 cm³/mol. The molecule has 38 heavy (non-hydrogen) atoms. The van der Waals surface area contributed by atoms with Crippen molar-refractivity contribution >= 4 is 49.8 Å². The van der Waals surface area contributed by atoms with Crippen LogP contribution in [0.1, 0.15) is 33.3 Å². The monoisotopic (exact) mass is 537 g/mol. The second-order valence-corrected chi connectivity index (χ2v) is 9.04. The van der Waals surface area contributed by atoms with E-state index in [4.69, 9.17) is 4.74 Å². The van der Waals surface area contributed by atoms with E-state index >= 15 is 0 Å². The lowest BCUT2D eigenvalue weighted by Crippen LogP contribution is -2.25. The number of hydrogen-bond acceptors (Lipinski definition) is 6. The Bertz CT molecular complexity index is 1750. The molecule has 0 bridgehead atoms. The Hall–Kier alpha value is -4.51. The average Bonchev–Trinajstić information content (AvgIpc) is 3.32. The minimum atomic E-state index is -4.57. The summed E-state index contributed by atoms with van der Waals surface area (Å²) in [6.45, 7) is 1.64. The number of nitrogens with zero attached hydrogens (tertiary/aromatic N) is 2. The average molecular weight is 538 g/mol. The number of aromatic nitrogens is 2. The van der Waals surface area contributed by atoms with E-state index in [1.807, 2.05) is 18.2 Å². The summed E-state index contributed by atoms with van der Waals surface area (Å²) >= 11 is 1.02. The van der Waals surface area contributed by atoms with Crippen molar-refractivity contribution in [1.82, 2.24) is 9.78 Å². The number of amides is 1. The van der Waals surface area contributed by atoms with Gasteiger partial charge in [0.15, 0.2) is 5.69 Å². The quantitative estimate of drug-likeness (QED) is 0.276. The van der Waals surface area contributed by atoms with E-state index in [1.165, 1.54) is 5.38 Å². The Morgan fingerprint density at radius 3 is 2.42 bits per heavy atom. The largest absolute Gasteiger partial charge is 0.461 e. The van der Waals surface area contributed by atoms with Crippen molar-refractivity contribution in [3.05, 3.63) is 99.3 Å². The van der Waals surface area contributed by atoms with Gasteiger partial charge in [0, 0.05) is 16.3 Å². The number of alkyl halides is 3. The van der Waals surface area contributed by atoms with Gasteiger partial charge in [-0.2, -0.15) is 23.0 Å². The molecule has 192 valence electrons. The molecule has 7 nitrogen and oxygen atoms in total. The summed E-state index contributed by atoms with van der Waals surface area (Å²) in [6.07, 6.45) is -4.57. The van der Waals surface area contributed by atoms with Crippen molar-refractivity contribution in [3.63, 3.8) is 0 Å². The Morgan fingerprint density at radius 1 is 1.00 bits per heavy atom. The summed E-state index contributed by atoms with van der Waals surface area (Å²) in [6, 6.07) is 16.4. The molecule has 2 heterocycles. The molecule has 2 aromatic heterocycles. The number of ether oxygens (including phenoxy) is 1. The lowest BCUT2D eigenvalue weighted by atomic mass is 10.0. The summed E-state index contributed by atoms with van der Waals surface area (Å²) < 4.78 is 45.1. The van der Waals surface area contributed by atoms with Crippen LogP contribution in [-0.4, -0.2) is 28.3 Å².